The lowest BCUT2D eigenvalue weighted by atomic mass is 10.3. The summed E-state index contributed by atoms with van der Waals surface area (Å²) in [6.45, 7) is 8.74. The maximum absolute atomic E-state index is 13.6. The van der Waals surface area contributed by atoms with Crippen molar-refractivity contribution < 1.29 is 8.78 Å². The molecule has 4 nitrogen and oxygen atoms in total. The summed E-state index contributed by atoms with van der Waals surface area (Å²) in [7, 11) is 1.55. The van der Waals surface area contributed by atoms with Gasteiger partial charge in [0.2, 0.25) is 0 Å². The standard InChI is InChI=1S/C13H22F2N4/c1-5-19(6-2)8-9(3)17-13-11(15)7-10(14)12(16-4)18-13/h7,9H,5-6,8H2,1-4H3,(H2,16,17,18). The van der Waals surface area contributed by atoms with Gasteiger partial charge in [-0.2, -0.15) is 0 Å². The van der Waals surface area contributed by atoms with Gasteiger partial charge in [-0.05, 0) is 20.0 Å². The van der Waals surface area contributed by atoms with Gasteiger partial charge < -0.3 is 15.5 Å². The zero-order valence-electron chi connectivity index (χ0n) is 11.9. The first-order valence-corrected chi connectivity index (χ1v) is 6.54. The van der Waals surface area contributed by atoms with Crippen molar-refractivity contribution in [2.45, 2.75) is 26.8 Å². The molecule has 1 rings (SSSR count). The van der Waals surface area contributed by atoms with Gasteiger partial charge in [0.05, 0.1) is 0 Å². The fraction of sp³-hybridized carbons (Fsp3) is 0.615. The average Bonchev–Trinajstić information content (AvgIpc) is 2.39. The van der Waals surface area contributed by atoms with Crippen LogP contribution in [0.15, 0.2) is 6.07 Å². The number of likely N-dealkylation sites (N-methyl/N-ethyl adjacent to an activating group) is 1. The predicted molar refractivity (Wildman–Crippen MR) is 74.6 cm³/mol. The van der Waals surface area contributed by atoms with Gasteiger partial charge in [-0.3, -0.25) is 0 Å². The summed E-state index contributed by atoms with van der Waals surface area (Å²) in [4.78, 5) is 6.12. The highest BCUT2D eigenvalue weighted by Crippen LogP contribution is 2.19. The van der Waals surface area contributed by atoms with Crippen molar-refractivity contribution in [1.29, 1.82) is 0 Å². The molecule has 0 amide bonds. The predicted octanol–water partition coefficient (Wildman–Crippen LogP) is 2.54. The van der Waals surface area contributed by atoms with Crippen molar-refractivity contribution in [3.8, 4) is 0 Å². The first kappa shape index (κ1) is 15.6. The molecule has 0 aromatic carbocycles. The molecule has 0 saturated carbocycles. The van der Waals surface area contributed by atoms with Crippen molar-refractivity contribution in [2.75, 3.05) is 37.3 Å². The maximum Gasteiger partial charge on any atom is 0.168 e. The SMILES string of the molecule is CCN(CC)CC(C)Nc1nc(NC)c(F)cc1F. The number of nitrogens with zero attached hydrogens (tertiary/aromatic N) is 2. The van der Waals surface area contributed by atoms with Crippen LogP contribution >= 0.6 is 0 Å². The van der Waals surface area contributed by atoms with Gasteiger partial charge in [-0.15, -0.1) is 0 Å². The number of hydrogen-bond acceptors (Lipinski definition) is 4. The van der Waals surface area contributed by atoms with Crippen LogP contribution in [-0.4, -0.2) is 42.6 Å². The first-order chi connectivity index (χ1) is 9.01. The van der Waals surface area contributed by atoms with Crippen LogP contribution in [0.2, 0.25) is 0 Å². The normalized spacial score (nSPS) is 12.6. The molecule has 19 heavy (non-hydrogen) atoms. The second-order valence-electron chi connectivity index (χ2n) is 4.43. The Morgan fingerprint density at radius 3 is 2.32 bits per heavy atom. The van der Waals surface area contributed by atoms with Crippen molar-refractivity contribution in [3.63, 3.8) is 0 Å². The quantitative estimate of drug-likeness (QED) is 0.800. The minimum atomic E-state index is -0.693. The van der Waals surface area contributed by atoms with Crippen LogP contribution in [0.3, 0.4) is 0 Å². The van der Waals surface area contributed by atoms with Crippen molar-refractivity contribution in [1.82, 2.24) is 9.88 Å². The molecule has 1 aromatic rings. The van der Waals surface area contributed by atoms with E-state index in [0.717, 1.165) is 25.7 Å². The van der Waals surface area contributed by atoms with Crippen LogP contribution in [-0.2, 0) is 0 Å². The van der Waals surface area contributed by atoms with Gasteiger partial charge in [0.25, 0.3) is 0 Å². The molecular weight excluding hydrogens is 250 g/mol. The van der Waals surface area contributed by atoms with Gasteiger partial charge in [0.15, 0.2) is 23.3 Å². The fourth-order valence-electron chi connectivity index (χ4n) is 1.89. The summed E-state index contributed by atoms with van der Waals surface area (Å²) >= 11 is 0. The van der Waals surface area contributed by atoms with Crippen LogP contribution < -0.4 is 10.6 Å². The largest absolute Gasteiger partial charge is 0.371 e. The lowest BCUT2D eigenvalue weighted by molar-refractivity contribution is 0.294. The van der Waals surface area contributed by atoms with Crippen LogP contribution in [0.5, 0.6) is 0 Å². The van der Waals surface area contributed by atoms with Gasteiger partial charge in [-0.1, -0.05) is 13.8 Å². The Kier molecular flexibility index (Phi) is 5.95. The maximum atomic E-state index is 13.6. The summed E-state index contributed by atoms with van der Waals surface area (Å²) in [6.07, 6.45) is 0. The number of rotatable bonds is 7. The molecule has 6 heteroatoms. The Morgan fingerprint density at radius 2 is 1.79 bits per heavy atom. The molecule has 0 spiro atoms. The van der Waals surface area contributed by atoms with Gasteiger partial charge in [0, 0.05) is 25.7 Å². The van der Waals surface area contributed by atoms with E-state index in [0.29, 0.717) is 0 Å². The van der Waals surface area contributed by atoms with E-state index in [1.165, 1.54) is 0 Å². The summed E-state index contributed by atoms with van der Waals surface area (Å²) in [6, 6.07) is 0.864. The molecule has 0 aliphatic rings. The van der Waals surface area contributed by atoms with Crippen molar-refractivity contribution in [3.05, 3.63) is 17.7 Å². The van der Waals surface area contributed by atoms with E-state index in [1.807, 2.05) is 6.92 Å². The zero-order valence-corrected chi connectivity index (χ0v) is 11.9. The van der Waals surface area contributed by atoms with Crippen LogP contribution in [0.4, 0.5) is 20.4 Å². The second-order valence-corrected chi connectivity index (χ2v) is 4.43. The monoisotopic (exact) mass is 272 g/mol. The molecule has 0 saturated heterocycles. The molecule has 1 atom stereocenters. The van der Waals surface area contributed by atoms with E-state index in [-0.39, 0.29) is 17.7 Å². The number of nitrogens with one attached hydrogen (secondary N) is 2. The third-order valence-electron chi connectivity index (χ3n) is 2.98. The molecule has 0 bridgehead atoms. The van der Waals surface area contributed by atoms with E-state index >= 15 is 0 Å². The summed E-state index contributed by atoms with van der Waals surface area (Å²) in [5, 5.41) is 5.57. The molecule has 1 unspecified atom stereocenters. The second kappa shape index (κ2) is 7.23. The number of anilines is 2. The molecule has 0 aliphatic carbocycles. The lowest BCUT2D eigenvalue weighted by Crippen LogP contribution is -2.35. The third kappa shape index (κ3) is 4.31. The Morgan fingerprint density at radius 1 is 1.21 bits per heavy atom. The average molecular weight is 272 g/mol. The van der Waals surface area contributed by atoms with Crippen LogP contribution in [0.1, 0.15) is 20.8 Å². The molecule has 2 N–H and O–H groups in total. The summed E-state index contributed by atoms with van der Waals surface area (Å²) < 4.78 is 26.9. The van der Waals surface area contributed by atoms with Gasteiger partial charge >= 0.3 is 0 Å². The number of hydrogen-bond donors (Lipinski definition) is 2. The fourth-order valence-corrected chi connectivity index (χ4v) is 1.89. The zero-order chi connectivity index (χ0) is 14.4. The van der Waals surface area contributed by atoms with E-state index in [2.05, 4.69) is 34.4 Å². The molecule has 1 aromatic heterocycles. The van der Waals surface area contributed by atoms with Gasteiger partial charge in [0.1, 0.15) is 0 Å². The molecule has 0 fully saturated rings. The van der Waals surface area contributed by atoms with Crippen LogP contribution in [0.25, 0.3) is 0 Å². The Bertz CT molecular complexity index is 408. The molecule has 108 valence electrons. The van der Waals surface area contributed by atoms with E-state index in [9.17, 15) is 8.78 Å². The Balaban J connectivity index is 2.76. The minimum Gasteiger partial charge on any atom is -0.371 e. The highest BCUT2D eigenvalue weighted by molar-refractivity contribution is 5.47. The molecule has 1 heterocycles. The number of halogens is 2. The van der Waals surface area contributed by atoms with Crippen LogP contribution in [0, 0.1) is 11.6 Å². The smallest absolute Gasteiger partial charge is 0.168 e. The van der Waals surface area contributed by atoms with Crippen molar-refractivity contribution >= 4 is 11.6 Å². The highest BCUT2D eigenvalue weighted by atomic mass is 19.1. The van der Waals surface area contributed by atoms with E-state index < -0.39 is 11.6 Å². The number of aromatic nitrogens is 1. The number of pyridine rings is 1. The third-order valence-corrected chi connectivity index (χ3v) is 2.98. The Hall–Kier alpha value is -1.43. The summed E-state index contributed by atoms with van der Waals surface area (Å²) in [5.74, 6) is -1.26. The lowest BCUT2D eigenvalue weighted by Gasteiger charge is -2.24. The Labute approximate surface area is 113 Å². The van der Waals surface area contributed by atoms with Gasteiger partial charge in [-0.25, -0.2) is 13.8 Å². The topological polar surface area (TPSA) is 40.2 Å². The van der Waals surface area contributed by atoms with E-state index in [4.69, 9.17) is 0 Å². The first-order valence-electron chi connectivity index (χ1n) is 6.54. The molecular formula is C13H22F2N4. The minimum absolute atomic E-state index is 0.0251. The molecule has 0 radical (unpaired) electrons. The highest BCUT2D eigenvalue weighted by Gasteiger charge is 2.14. The van der Waals surface area contributed by atoms with Crippen molar-refractivity contribution in [2.24, 2.45) is 0 Å². The molecule has 0 aliphatic heterocycles. The van der Waals surface area contributed by atoms with E-state index in [1.54, 1.807) is 7.05 Å². The summed E-state index contributed by atoms with van der Waals surface area (Å²) in [5.41, 5.74) is 0.